The van der Waals surface area contributed by atoms with Gasteiger partial charge in [0.05, 0.1) is 25.4 Å². The second-order valence-corrected chi connectivity index (χ2v) is 13.7. The lowest BCUT2D eigenvalue weighted by molar-refractivity contribution is 0.147. The number of benzene rings is 4. The quantitative estimate of drug-likeness (QED) is 0.0715. The fourth-order valence-electron chi connectivity index (χ4n) is 5.40. The predicted octanol–water partition coefficient (Wildman–Crippen LogP) is 6.11. The van der Waals surface area contributed by atoms with Crippen molar-refractivity contribution in [1.82, 2.24) is 10.6 Å². The van der Waals surface area contributed by atoms with Crippen LogP contribution in [0.4, 0.5) is 0 Å². The lowest BCUT2D eigenvalue weighted by Gasteiger charge is -2.34. The first-order valence-electron chi connectivity index (χ1n) is 16.7. The summed E-state index contributed by atoms with van der Waals surface area (Å²) in [5.41, 5.74) is 4.26. The molecule has 0 aromatic heterocycles. The maximum atomic E-state index is 11.0. The van der Waals surface area contributed by atoms with E-state index in [-0.39, 0.29) is 24.3 Å². The minimum absolute atomic E-state index is 0.183. The summed E-state index contributed by atoms with van der Waals surface area (Å²) in [7, 11) is 0. The highest BCUT2D eigenvalue weighted by Crippen LogP contribution is 2.27. The monoisotopic (exact) mass is 656 g/mol. The van der Waals surface area contributed by atoms with E-state index in [0.717, 1.165) is 24.0 Å². The van der Waals surface area contributed by atoms with Gasteiger partial charge < -0.3 is 40.5 Å². The number of hydrogen-bond acceptors (Lipinski definition) is 8. The molecule has 0 fully saturated rings. The average molecular weight is 657 g/mol. The highest BCUT2D eigenvalue weighted by Gasteiger charge is 2.26. The Kier molecular flexibility index (Phi) is 13.6. The van der Waals surface area contributed by atoms with Gasteiger partial charge in [0.2, 0.25) is 0 Å². The molecule has 0 radical (unpaired) electrons. The van der Waals surface area contributed by atoms with Crippen molar-refractivity contribution in [3.8, 4) is 11.5 Å². The molecule has 0 aliphatic heterocycles. The van der Waals surface area contributed by atoms with Crippen molar-refractivity contribution < 1.29 is 29.9 Å². The summed E-state index contributed by atoms with van der Waals surface area (Å²) in [6.45, 7) is 9.60. The van der Waals surface area contributed by atoms with Crippen LogP contribution >= 0.6 is 0 Å². The van der Waals surface area contributed by atoms with E-state index in [1.54, 1.807) is 24.3 Å². The third kappa shape index (κ3) is 11.4. The van der Waals surface area contributed by atoms with Crippen LogP contribution in [0.15, 0.2) is 97.1 Å². The lowest BCUT2D eigenvalue weighted by atomic mass is 9.89. The maximum absolute atomic E-state index is 11.0. The van der Waals surface area contributed by atoms with Gasteiger partial charge in [-0.3, -0.25) is 0 Å². The molecule has 2 atom stereocenters. The van der Waals surface area contributed by atoms with Crippen molar-refractivity contribution in [2.75, 3.05) is 13.1 Å². The molecule has 6 N–H and O–H groups in total. The first-order valence-corrected chi connectivity index (χ1v) is 16.7. The Bertz CT molecular complexity index is 1430. The zero-order valence-electron chi connectivity index (χ0n) is 28.7. The molecular weight excluding hydrogens is 604 g/mol. The first kappa shape index (κ1) is 37.1. The van der Waals surface area contributed by atoms with Gasteiger partial charge in [0, 0.05) is 35.3 Å². The fourth-order valence-corrected chi connectivity index (χ4v) is 5.40. The highest BCUT2D eigenvalue weighted by molar-refractivity contribution is 5.39. The van der Waals surface area contributed by atoms with Gasteiger partial charge in [0.1, 0.15) is 24.7 Å². The topological polar surface area (TPSA) is 123 Å². The summed E-state index contributed by atoms with van der Waals surface area (Å²) in [4.78, 5) is 0. The summed E-state index contributed by atoms with van der Waals surface area (Å²) in [5, 5.41) is 48.8. The molecule has 0 aliphatic carbocycles. The number of hydrogen-bond donors (Lipinski definition) is 6. The number of β-amino-alcohol motifs (C(OH)–C–C–N with tert-alkyl or cyclic N) is 2. The van der Waals surface area contributed by atoms with Crippen LogP contribution < -0.4 is 20.1 Å². The van der Waals surface area contributed by atoms with Gasteiger partial charge in [-0.25, -0.2) is 0 Å². The number of ether oxygens (including phenoxy) is 2. The minimum Gasteiger partial charge on any atom is -0.489 e. The van der Waals surface area contributed by atoms with Crippen LogP contribution in [0.5, 0.6) is 11.5 Å². The van der Waals surface area contributed by atoms with Crippen LogP contribution in [0.1, 0.15) is 86.1 Å². The molecule has 0 bridgehead atoms. The van der Waals surface area contributed by atoms with Crippen molar-refractivity contribution >= 4 is 0 Å². The van der Waals surface area contributed by atoms with E-state index >= 15 is 0 Å². The van der Waals surface area contributed by atoms with Crippen LogP contribution in [-0.2, 0) is 26.4 Å². The van der Waals surface area contributed by atoms with Crippen LogP contribution in [0.3, 0.4) is 0 Å². The maximum Gasteiger partial charge on any atom is 0.125 e. The van der Waals surface area contributed by atoms with Crippen molar-refractivity contribution in [2.45, 2.75) is 90.2 Å². The van der Waals surface area contributed by atoms with E-state index in [1.807, 2.05) is 72.8 Å². The summed E-state index contributed by atoms with van der Waals surface area (Å²) in [6, 6.07) is 30.6. The molecule has 4 aromatic rings. The molecule has 0 saturated heterocycles. The number of nitrogens with one attached hydrogen (secondary N) is 2. The van der Waals surface area contributed by atoms with Crippen molar-refractivity contribution in [1.29, 1.82) is 0 Å². The van der Waals surface area contributed by atoms with Gasteiger partial charge in [-0.2, -0.15) is 0 Å². The van der Waals surface area contributed by atoms with Gasteiger partial charge in [-0.15, -0.1) is 0 Å². The van der Waals surface area contributed by atoms with E-state index in [4.69, 9.17) is 9.47 Å². The summed E-state index contributed by atoms with van der Waals surface area (Å²) >= 11 is 0. The van der Waals surface area contributed by atoms with Gasteiger partial charge >= 0.3 is 0 Å². The molecule has 8 nitrogen and oxygen atoms in total. The molecule has 4 aromatic carbocycles. The molecule has 2 unspecified atom stereocenters. The van der Waals surface area contributed by atoms with Crippen molar-refractivity contribution in [2.24, 2.45) is 0 Å². The van der Waals surface area contributed by atoms with Crippen molar-refractivity contribution in [3.63, 3.8) is 0 Å². The normalized spacial score (nSPS) is 13.2. The van der Waals surface area contributed by atoms with E-state index in [2.05, 4.69) is 38.3 Å². The standard InChI is InChI=1S/C40H52N2O6/c1-39(2,41-23-35(45)31-15-17-37(33(21-31)25-43)47-27-29-11-7-5-8-12-29)19-20-40(3,4)42-24-36(46)32-16-18-38(34(22-32)26-44)48-28-30-13-9-6-10-14-30/h5-18,21-22,35-36,41-46H,19-20,23-28H2,1-4H3. The average Bonchev–Trinajstić information content (AvgIpc) is 3.11. The SMILES string of the molecule is CC(C)(CCC(C)(C)NCC(O)c1ccc(OCc2ccccc2)c(CO)c1)NCC(O)c1ccc(OCc2ccccc2)c(CO)c1. The second kappa shape index (κ2) is 17.6. The Balaban J connectivity index is 1.23. The van der Waals surface area contributed by atoms with Crippen LogP contribution in [-0.4, -0.2) is 44.6 Å². The van der Waals surface area contributed by atoms with Crippen molar-refractivity contribution in [3.05, 3.63) is 130 Å². The molecule has 0 amide bonds. The lowest BCUT2D eigenvalue weighted by Crippen LogP contribution is -2.46. The molecular formula is C40H52N2O6. The second-order valence-electron chi connectivity index (χ2n) is 13.7. The minimum atomic E-state index is -0.752. The van der Waals surface area contributed by atoms with Gasteiger partial charge in [-0.05, 0) is 87.1 Å². The Hall–Kier alpha value is -3.76. The smallest absolute Gasteiger partial charge is 0.125 e. The Morgan fingerprint density at radius 3 is 1.29 bits per heavy atom. The summed E-state index contributed by atoms with van der Waals surface area (Å²) in [6.07, 6.45) is 0.147. The molecule has 0 saturated carbocycles. The summed E-state index contributed by atoms with van der Waals surface area (Å²) < 4.78 is 11.9. The highest BCUT2D eigenvalue weighted by atomic mass is 16.5. The largest absolute Gasteiger partial charge is 0.489 e. The molecule has 48 heavy (non-hydrogen) atoms. The van der Waals surface area contributed by atoms with Gasteiger partial charge in [0.25, 0.3) is 0 Å². The van der Waals surface area contributed by atoms with Gasteiger partial charge in [-0.1, -0.05) is 72.8 Å². The number of aliphatic hydroxyl groups is 4. The molecule has 0 aliphatic rings. The Labute approximate surface area is 285 Å². The molecule has 258 valence electrons. The zero-order valence-corrected chi connectivity index (χ0v) is 28.7. The van der Waals surface area contributed by atoms with E-state index in [0.29, 0.717) is 60.1 Å². The Morgan fingerprint density at radius 2 is 0.938 bits per heavy atom. The predicted molar refractivity (Wildman–Crippen MR) is 190 cm³/mol. The zero-order chi connectivity index (χ0) is 34.6. The third-order valence-electron chi connectivity index (χ3n) is 8.68. The number of aliphatic hydroxyl groups excluding tert-OH is 4. The summed E-state index contributed by atoms with van der Waals surface area (Å²) in [5.74, 6) is 1.20. The molecule has 8 heteroatoms. The third-order valence-corrected chi connectivity index (χ3v) is 8.68. The van der Waals surface area contributed by atoms with E-state index < -0.39 is 12.2 Å². The number of rotatable bonds is 19. The van der Waals surface area contributed by atoms with E-state index in [1.165, 1.54) is 0 Å². The first-order chi connectivity index (χ1) is 23.0. The van der Waals surface area contributed by atoms with Crippen LogP contribution in [0, 0.1) is 0 Å². The molecule has 4 rings (SSSR count). The Morgan fingerprint density at radius 1 is 0.562 bits per heavy atom. The molecule has 0 spiro atoms. The van der Waals surface area contributed by atoms with Crippen LogP contribution in [0.2, 0.25) is 0 Å². The van der Waals surface area contributed by atoms with E-state index in [9.17, 15) is 20.4 Å². The van der Waals surface area contributed by atoms with Gasteiger partial charge in [0.15, 0.2) is 0 Å². The fraction of sp³-hybridized carbons (Fsp3) is 0.400. The molecule has 0 heterocycles. The van der Waals surface area contributed by atoms with Crippen LogP contribution in [0.25, 0.3) is 0 Å².